The zero-order valence-corrected chi connectivity index (χ0v) is 7.01. The Labute approximate surface area is 81.3 Å². The smallest absolute Gasteiger partial charge is 0.236 e. The minimum absolute atomic E-state index is 2.32. The first-order chi connectivity index (χ1) is 6.32. The maximum absolute atomic E-state index is 12.7. The lowest BCUT2D eigenvalue weighted by Gasteiger charge is -2.28. The summed E-state index contributed by atoms with van der Waals surface area (Å²) in [4.78, 5) is -2.51. The molecule has 1 aliphatic rings. The quantitative estimate of drug-likeness (QED) is 0.379. The zero-order valence-electron chi connectivity index (χ0n) is 6.26. The molecule has 0 amide bonds. The molecule has 1 rings (SSSR count). The summed E-state index contributed by atoms with van der Waals surface area (Å²) in [7, 11) is 0. The molecule has 0 aliphatic carbocycles. The first-order valence-corrected chi connectivity index (χ1v) is 3.41. The Hall–Kier alpha value is -0.350. The monoisotopic (exact) mass is 265 g/mol. The third kappa shape index (κ3) is 1.74. The maximum Gasteiger partial charge on any atom is 0.470 e. The Balaban J connectivity index is 3.25. The van der Waals surface area contributed by atoms with Crippen molar-refractivity contribution in [3.63, 3.8) is 0 Å². The molecule has 1 atom stereocenters. The van der Waals surface area contributed by atoms with Gasteiger partial charge in [0.1, 0.15) is 0 Å². The molecule has 11 heteroatoms. The molecule has 0 aromatic rings. The van der Waals surface area contributed by atoms with E-state index in [2.05, 4.69) is 16.3 Å². The Morgan fingerprint density at radius 1 is 1.00 bits per heavy atom. The Kier molecular flexibility index (Phi) is 2.42. The van der Waals surface area contributed by atoms with Crippen LogP contribution in [-0.4, -0.2) is 28.8 Å². The average molecular weight is 265 g/mol. The van der Waals surface area contributed by atoms with Gasteiger partial charge in [0, 0.05) is 0 Å². The van der Waals surface area contributed by atoms with E-state index in [1.54, 1.807) is 0 Å². The van der Waals surface area contributed by atoms with Crippen molar-refractivity contribution in [1.29, 1.82) is 0 Å². The molecule has 1 unspecified atom stereocenters. The molecular weight excluding hydrogens is 265 g/mol. The standard InChI is InChI=1S/C4ClF8NO/c5-1(6)2(7,8)15-4(12,13)14(1)3(9,10)11. The Bertz CT molecular complexity index is 274. The van der Waals surface area contributed by atoms with E-state index < -0.39 is 28.8 Å². The van der Waals surface area contributed by atoms with Crippen LogP contribution >= 0.6 is 11.6 Å². The summed E-state index contributed by atoms with van der Waals surface area (Å²) in [5.74, 6) is 0. The second-order valence-electron chi connectivity index (χ2n) is 2.45. The molecule has 0 aromatic carbocycles. The summed E-state index contributed by atoms with van der Waals surface area (Å²) in [6, 6.07) is 0. The van der Waals surface area contributed by atoms with Gasteiger partial charge in [-0.3, -0.25) is 0 Å². The van der Waals surface area contributed by atoms with Gasteiger partial charge >= 0.3 is 23.9 Å². The van der Waals surface area contributed by atoms with Crippen LogP contribution in [0.5, 0.6) is 0 Å². The number of halogens is 9. The fraction of sp³-hybridized carbons (Fsp3) is 1.00. The predicted octanol–water partition coefficient (Wildman–Crippen LogP) is 2.84. The summed E-state index contributed by atoms with van der Waals surface area (Å²) in [5.41, 5.74) is 0. The molecule has 15 heavy (non-hydrogen) atoms. The molecule has 1 fully saturated rings. The minimum Gasteiger partial charge on any atom is -0.236 e. The van der Waals surface area contributed by atoms with Gasteiger partial charge in [-0.05, 0) is 0 Å². The first kappa shape index (κ1) is 12.7. The van der Waals surface area contributed by atoms with Gasteiger partial charge in [0.05, 0.1) is 0 Å². The normalized spacial score (nSPS) is 35.8. The molecule has 0 saturated carbocycles. The number of hydrogen-bond donors (Lipinski definition) is 0. The highest BCUT2D eigenvalue weighted by molar-refractivity contribution is 6.23. The molecule has 1 saturated heterocycles. The van der Waals surface area contributed by atoms with Crippen LogP contribution in [-0.2, 0) is 4.74 Å². The van der Waals surface area contributed by atoms with Crippen LogP contribution in [0.15, 0.2) is 0 Å². The van der Waals surface area contributed by atoms with Gasteiger partial charge < -0.3 is 0 Å². The van der Waals surface area contributed by atoms with Gasteiger partial charge in [-0.15, -0.1) is 0 Å². The van der Waals surface area contributed by atoms with E-state index >= 15 is 0 Å². The Morgan fingerprint density at radius 3 is 1.53 bits per heavy atom. The van der Waals surface area contributed by atoms with Crippen LogP contribution in [0, 0.1) is 0 Å². The largest absolute Gasteiger partial charge is 0.470 e. The lowest BCUT2D eigenvalue weighted by atomic mass is 10.5. The van der Waals surface area contributed by atoms with Gasteiger partial charge in [-0.1, -0.05) is 16.5 Å². The van der Waals surface area contributed by atoms with Gasteiger partial charge in [0.2, 0.25) is 0 Å². The van der Waals surface area contributed by atoms with Gasteiger partial charge in [0.15, 0.2) is 0 Å². The fourth-order valence-electron chi connectivity index (χ4n) is 0.862. The third-order valence-corrected chi connectivity index (χ3v) is 1.78. The molecule has 0 N–H and O–H groups in total. The highest BCUT2D eigenvalue weighted by Gasteiger charge is 2.82. The van der Waals surface area contributed by atoms with Crippen LogP contribution < -0.4 is 0 Å². The summed E-state index contributed by atoms with van der Waals surface area (Å²) in [5, 5.41) is -5.20. The first-order valence-electron chi connectivity index (χ1n) is 3.03. The molecule has 1 aliphatic heterocycles. The predicted molar refractivity (Wildman–Crippen MR) is 28.6 cm³/mol. The molecule has 0 radical (unpaired) electrons. The zero-order chi connectivity index (χ0) is 12.3. The maximum atomic E-state index is 12.7. The van der Waals surface area contributed by atoms with Crippen LogP contribution in [0.25, 0.3) is 0 Å². The number of rotatable bonds is 0. The lowest BCUT2D eigenvalue weighted by molar-refractivity contribution is -0.403. The van der Waals surface area contributed by atoms with Crippen LogP contribution in [0.2, 0.25) is 0 Å². The Morgan fingerprint density at radius 2 is 1.40 bits per heavy atom. The van der Waals surface area contributed by atoms with E-state index in [1.807, 2.05) is 0 Å². The van der Waals surface area contributed by atoms with E-state index in [0.29, 0.717) is 0 Å². The van der Waals surface area contributed by atoms with E-state index in [0.717, 1.165) is 0 Å². The number of alkyl halides is 9. The minimum atomic E-state index is -6.13. The summed E-state index contributed by atoms with van der Waals surface area (Å²) >= 11 is 4.08. The van der Waals surface area contributed by atoms with Crippen molar-refractivity contribution in [1.82, 2.24) is 4.90 Å². The SMILES string of the molecule is FC(F)(F)N1C(F)(F)OC(F)(F)C1(F)Cl. The molecule has 2 nitrogen and oxygen atoms in total. The lowest BCUT2D eigenvalue weighted by Crippen LogP contribution is -2.56. The molecular formula is C4ClF8NO. The number of hydrogen-bond acceptors (Lipinski definition) is 2. The van der Waals surface area contributed by atoms with Crippen LogP contribution in [0.4, 0.5) is 35.1 Å². The number of ether oxygens (including phenoxy) is 1. The third-order valence-electron chi connectivity index (χ3n) is 1.40. The highest BCUT2D eigenvalue weighted by Crippen LogP contribution is 2.57. The molecule has 0 spiro atoms. The second kappa shape index (κ2) is 2.86. The van der Waals surface area contributed by atoms with Crippen molar-refractivity contribution in [3.05, 3.63) is 0 Å². The van der Waals surface area contributed by atoms with Crippen LogP contribution in [0.1, 0.15) is 0 Å². The van der Waals surface area contributed by atoms with Gasteiger partial charge in [-0.25, -0.2) is 4.74 Å². The van der Waals surface area contributed by atoms with Gasteiger partial charge in [0.25, 0.3) is 0 Å². The summed E-state index contributed by atoms with van der Waals surface area (Å²) < 4.78 is 99.4. The molecule has 90 valence electrons. The van der Waals surface area contributed by atoms with Crippen molar-refractivity contribution in [2.75, 3.05) is 0 Å². The molecule has 1 heterocycles. The van der Waals surface area contributed by atoms with Crippen molar-refractivity contribution in [3.8, 4) is 0 Å². The van der Waals surface area contributed by atoms with Crippen molar-refractivity contribution in [2.24, 2.45) is 0 Å². The summed E-state index contributed by atoms with van der Waals surface area (Å²) in [6.45, 7) is 0. The number of nitrogens with zero attached hydrogens (tertiary/aromatic N) is 1. The van der Waals surface area contributed by atoms with Gasteiger partial charge in [-0.2, -0.15) is 35.1 Å². The average Bonchev–Trinajstić information content (AvgIpc) is 1.87. The fourth-order valence-corrected chi connectivity index (χ4v) is 1.09. The van der Waals surface area contributed by atoms with Crippen molar-refractivity contribution in [2.45, 2.75) is 23.9 Å². The van der Waals surface area contributed by atoms with E-state index in [4.69, 9.17) is 0 Å². The molecule has 0 bridgehead atoms. The second-order valence-corrected chi connectivity index (χ2v) is 2.95. The van der Waals surface area contributed by atoms with E-state index in [1.165, 1.54) is 0 Å². The van der Waals surface area contributed by atoms with Crippen molar-refractivity contribution < 1.29 is 39.9 Å². The van der Waals surface area contributed by atoms with E-state index in [9.17, 15) is 35.1 Å². The van der Waals surface area contributed by atoms with E-state index in [-0.39, 0.29) is 0 Å². The topological polar surface area (TPSA) is 12.5 Å². The van der Waals surface area contributed by atoms with Crippen molar-refractivity contribution >= 4 is 11.6 Å². The summed E-state index contributed by atoms with van der Waals surface area (Å²) in [6.07, 6.45) is -17.2. The molecule has 0 aromatic heterocycles. The van der Waals surface area contributed by atoms with Crippen LogP contribution in [0.3, 0.4) is 0 Å². The highest BCUT2D eigenvalue weighted by atomic mass is 35.5.